The largest absolute Gasteiger partial charge is 0.299 e. The summed E-state index contributed by atoms with van der Waals surface area (Å²) in [5.41, 5.74) is 3.69. The van der Waals surface area contributed by atoms with Crippen LogP contribution in [0.4, 0.5) is 0 Å². The molecule has 1 aromatic carbocycles. The first kappa shape index (κ1) is 10.2. The van der Waals surface area contributed by atoms with Crippen LogP contribution in [0.2, 0.25) is 0 Å². The van der Waals surface area contributed by atoms with Crippen LogP contribution in [0.15, 0.2) is 18.2 Å². The van der Waals surface area contributed by atoms with E-state index >= 15 is 0 Å². The van der Waals surface area contributed by atoms with E-state index in [9.17, 15) is 4.79 Å². The number of aldehydes is 1. The van der Waals surface area contributed by atoms with E-state index in [0.717, 1.165) is 23.0 Å². The van der Waals surface area contributed by atoms with Crippen molar-refractivity contribution in [1.82, 2.24) is 0 Å². The summed E-state index contributed by atoms with van der Waals surface area (Å²) >= 11 is 0. The molecule has 0 aromatic heterocycles. The lowest BCUT2D eigenvalue weighted by Crippen LogP contribution is -1.88. The van der Waals surface area contributed by atoms with E-state index < -0.39 is 0 Å². The van der Waals surface area contributed by atoms with E-state index in [2.05, 4.69) is 6.07 Å². The highest BCUT2D eigenvalue weighted by Crippen LogP contribution is 2.17. The van der Waals surface area contributed by atoms with E-state index in [0.29, 0.717) is 5.56 Å². The molecule has 0 aliphatic heterocycles. The summed E-state index contributed by atoms with van der Waals surface area (Å²) in [6.07, 6.45) is 3.97. The molecule has 0 aliphatic carbocycles. The summed E-state index contributed by atoms with van der Waals surface area (Å²) < 4.78 is 0. The average Bonchev–Trinajstić information content (AvgIpc) is 2.16. The summed E-state index contributed by atoms with van der Waals surface area (Å²) in [6, 6.07) is 5.73. The quantitative estimate of drug-likeness (QED) is 0.524. The Labute approximate surface area is 83.5 Å². The average molecular weight is 185 g/mol. The monoisotopic (exact) mass is 185 g/mol. The molecule has 0 aliphatic rings. The number of hydrogen-bond acceptors (Lipinski definition) is 2. The third kappa shape index (κ3) is 2.08. The van der Waals surface area contributed by atoms with Crippen molar-refractivity contribution >= 4 is 12.4 Å². The second-order valence-electron chi connectivity index (χ2n) is 3.13. The first-order valence-corrected chi connectivity index (χ1v) is 4.32. The minimum Gasteiger partial charge on any atom is -0.299 e. The van der Waals surface area contributed by atoms with Gasteiger partial charge >= 0.3 is 0 Å². The first-order chi connectivity index (χ1) is 6.69. The fourth-order valence-corrected chi connectivity index (χ4v) is 1.44. The molecule has 0 atom stereocenters. The predicted octanol–water partition coefficient (Wildman–Crippen LogP) is 2.39. The van der Waals surface area contributed by atoms with Crippen molar-refractivity contribution in [3.05, 3.63) is 40.5 Å². The van der Waals surface area contributed by atoms with Gasteiger partial charge < -0.3 is 0 Å². The maximum atomic E-state index is 10.2. The van der Waals surface area contributed by atoms with Crippen molar-refractivity contribution in [2.45, 2.75) is 13.8 Å². The number of nitriles is 1. The Balaban J connectivity index is 3.26. The Morgan fingerprint density at radius 1 is 1.29 bits per heavy atom. The van der Waals surface area contributed by atoms with Gasteiger partial charge in [0.15, 0.2) is 0 Å². The van der Waals surface area contributed by atoms with Crippen molar-refractivity contribution in [2.75, 3.05) is 0 Å². The normalized spacial score (nSPS) is 10.1. The van der Waals surface area contributed by atoms with Crippen LogP contribution in [-0.2, 0) is 4.79 Å². The van der Waals surface area contributed by atoms with Crippen LogP contribution in [0.5, 0.6) is 0 Å². The van der Waals surface area contributed by atoms with Gasteiger partial charge in [0.2, 0.25) is 0 Å². The lowest BCUT2D eigenvalue weighted by molar-refractivity contribution is -0.104. The predicted molar refractivity (Wildman–Crippen MR) is 55.7 cm³/mol. The van der Waals surface area contributed by atoms with Crippen LogP contribution >= 0.6 is 0 Å². The maximum Gasteiger partial charge on any atom is 0.142 e. The Hall–Kier alpha value is -1.88. The molecule has 2 heteroatoms. The molecule has 0 heterocycles. The summed E-state index contributed by atoms with van der Waals surface area (Å²) in [5.74, 6) is 0. The number of allylic oxidation sites excluding steroid dienone is 1. The molecule has 0 spiro atoms. The van der Waals surface area contributed by atoms with Gasteiger partial charge in [-0.15, -0.1) is 0 Å². The number of aryl methyl sites for hydroxylation is 2. The Morgan fingerprint density at radius 3 is 2.29 bits per heavy atom. The summed E-state index contributed by atoms with van der Waals surface area (Å²) in [4.78, 5) is 10.2. The van der Waals surface area contributed by atoms with Crippen LogP contribution < -0.4 is 0 Å². The van der Waals surface area contributed by atoms with Gasteiger partial charge in [-0.25, -0.2) is 0 Å². The van der Waals surface area contributed by atoms with E-state index in [4.69, 9.17) is 5.26 Å². The van der Waals surface area contributed by atoms with Crippen LogP contribution in [0.1, 0.15) is 22.3 Å². The zero-order chi connectivity index (χ0) is 10.6. The van der Waals surface area contributed by atoms with Crippen LogP contribution in [0, 0.1) is 25.2 Å². The van der Waals surface area contributed by atoms with Crippen molar-refractivity contribution < 1.29 is 4.79 Å². The van der Waals surface area contributed by atoms with Gasteiger partial charge in [-0.05, 0) is 48.7 Å². The molecule has 0 unspecified atom stereocenters. The lowest BCUT2D eigenvalue weighted by Gasteiger charge is -2.05. The highest BCUT2D eigenvalue weighted by Gasteiger charge is 2.01. The highest BCUT2D eigenvalue weighted by atomic mass is 16.1. The third-order valence-electron chi connectivity index (χ3n) is 2.06. The van der Waals surface area contributed by atoms with Crippen molar-refractivity contribution in [2.24, 2.45) is 0 Å². The SMILES string of the molecule is Cc1cc(C#N)cc(C)c1C=CC=O. The van der Waals surface area contributed by atoms with Crippen LogP contribution in [0.3, 0.4) is 0 Å². The van der Waals surface area contributed by atoms with Gasteiger partial charge in [0, 0.05) is 0 Å². The molecule has 2 nitrogen and oxygen atoms in total. The fraction of sp³-hybridized carbons (Fsp3) is 0.167. The van der Waals surface area contributed by atoms with Gasteiger partial charge in [-0.3, -0.25) is 4.79 Å². The summed E-state index contributed by atoms with van der Waals surface area (Å²) in [6.45, 7) is 3.86. The molecule has 14 heavy (non-hydrogen) atoms. The van der Waals surface area contributed by atoms with E-state index in [1.807, 2.05) is 26.0 Å². The minimum atomic E-state index is 0.656. The second-order valence-corrected chi connectivity index (χ2v) is 3.13. The fourth-order valence-electron chi connectivity index (χ4n) is 1.44. The minimum absolute atomic E-state index is 0.656. The zero-order valence-electron chi connectivity index (χ0n) is 8.24. The smallest absolute Gasteiger partial charge is 0.142 e. The molecule has 1 rings (SSSR count). The van der Waals surface area contributed by atoms with E-state index in [1.165, 1.54) is 6.08 Å². The molecule has 0 N–H and O–H groups in total. The van der Waals surface area contributed by atoms with Crippen molar-refractivity contribution in [3.8, 4) is 6.07 Å². The molecular weight excluding hydrogens is 174 g/mol. The summed E-state index contributed by atoms with van der Waals surface area (Å²) in [5, 5.41) is 8.73. The van der Waals surface area contributed by atoms with Crippen molar-refractivity contribution in [3.63, 3.8) is 0 Å². The lowest BCUT2D eigenvalue weighted by atomic mass is 9.99. The maximum absolute atomic E-state index is 10.2. The zero-order valence-corrected chi connectivity index (χ0v) is 8.24. The van der Waals surface area contributed by atoms with E-state index in [1.54, 1.807) is 6.08 Å². The third-order valence-corrected chi connectivity index (χ3v) is 2.06. The molecule has 1 aromatic rings. The number of benzene rings is 1. The number of nitrogens with zero attached hydrogens (tertiary/aromatic N) is 1. The molecule has 0 bridgehead atoms. The molecule has 0 amide bonds. The van der Waals surface area contributed by atoms with Crippen LogP contribution in [0.25, 0.3) is 6.08 Å². The highest BCUT2D eigenvalue weighted by molar-refractivity contribution is 5.75. The summed E-state index contributed by atoms with van der Waals surface area (Å²) in [7, 11) is 0. The first-order valence-electron chi connectivity index (χ1n) is 4.32. The number of rotatable bonds is 2. The van der Waals surface area contributed by atoms with Gasteiger partial charge in [0.05, 0.1) is 11.6 Å². The van der Waals surface area contributed by atoms with Gasteiger partial charge in [-0.1, -0.05) is 6.08 Å². The number of hydrogen-bond donors (Lipinski definition) is 0. The Bertz CT molecular complexity index is 401. The molecule has 70 valence electrons. The molecule has 0 radical (unpaired) electrons. The molecular formula is C12H11NO. The number of carbonyl (C=O) groups is 1. The number of carbonyl (C=O) groups excluding carboxylic acids is 1. The molecule has 0 saturated heterocycles. The Morgan fingerprint density at radius 2 is 1.86 bits per heavy atom. The van der Waals surface area contributed by atoms with Gasteiger partial charge in [-0.2, -0.15) is 5.26 Å². The van der Waals surface area contributed by atoms with Crippen molar-refractivity contribution in [1.29, 1.82) is 5.26 Å². The molecule has 0 fully saturated rings. The van der Waals surface area contributed by atoms with Gasteiger partial charge in [0.1, 0.15) is 6.29 Å². The van der Waals surface area contributed by atoms with Gasteiger partial charge in [0.25, 0.3) is 0 Å². The topological polar surface area (TPSA) is 40.9 Å². The van der Waals surface area contributed by atoms with Crippen LogP contribution in [-0.4, -0.2) is 6.29 Å². The molecule has 0 saturated carbocycles. The Kier molecular flexibility index (Phi) is 3.19. The van der Waals surface area contributed by atoms with E-state index in [-0.39, 0.29) is 0 Å². The second kappa shape index (κ2) is 4.38. The standard InChI is InChI=1S/C12H11NO/c1-9-6-11(8-13)7-10(2)12(9)4-3-5-14/h3-7H,1-2H3.